The maximum Gasteiger partial charge on any atom is 0.00750 e. The molecule has 0 amide bonds. The van der Waals surface area contributed by atoms with Crippen molar-refractivity contribution in [3.05, 3.63) is 12.2 Å². The third kappa shape index (κ3) is 8.19. The number of allylic oxidation sites excluding steroid dienone is 1. The second-order valence-corrected chi connectivity index (χ2v) is 6.09. The SMILES string of the molecule is C=C(CC)CCCSC(C)(C)C. The first-order valence-corrected chi connectivity index (χ1v) is 5.75. The molecule has 0 aromatic carbocycles. The zero-order valence-corrected chi connectivity index (χ0v) is 9.76. The van der Waals surface area contributed by atoms with Gasteiger partial charge in [-0.15, -0.1) is 0 Å². The van der Waals surface area contributed by atoms with Crippen LogP contribution in [0.4, 0.5) is 0 Å². The Morgan fingerprint density at radius 1 is 1.33 bits per heavy atom. The molecule has 0 rings (SSSR count). The lowest BCUT2D eigenvalue weighted by Gasteiger charge is -2.17. The third-order valence-corrected chi connectivity index (χ3v) is 3.07. The Morgan fingerprint density at radius 3 is 2.33 bits per heavy atom. The van der Waals surface area contributed by atoms with Crippen molar-refractivity contribution >= 4 is 11.8 Å². The van der Waals surface area contributed by atoms with E-state index in [0.29, 0.717) is 4.75 Å². The molecule has 0 bridgehead atoms. The van der Waals surface area contributed by atoms with Crippen LogP contribution in [0.5, 0.6) is 0 Å². The first-order valence-electron chi connectivity index (χ1n) is 4.76. The summed E-state index contributed by atoms with van der Waals surface area (Å²) in [4.78, 5) is 0. The topological polar surface area (TPSA) is 0 Å². The van der Waals surface area contributed by atoms with Crippen molar-refractivity contribution in [2.45, 2.75) is 51.7 Å². The number of hydrogen-bond donors (Lipinski definition) is 0. The molecular weight excluding hydrogens is 164 g/mol. The average Bonchev–Trinajstić information content (AvgIpc) is 1.96. The molecule has 1 heteroatoms. The second kappa shape index (κ2) is 5.69. The minimum atomic E-state index is 0.424. The van der Waals surface area contributed by atoms with Crippen molar-refractivity contribution in [2.24, 2.45) is 0 Å². The average molecular weight is 186 g/mol. The summed E-state index contributed by atoms with van der Waals surface area (Å²) in [6, 6.07) is 0. The lowest BCUT2D eigenvalue weighted by Crippen LogP contribution is -2.08. The Labute approximate surface area is 81.8 Å². The Bertz CT molecular complexity index is 130. The van der Waals surface area contributed by atoms with Crippen molar-refractivity contribution in [2.75, 3.05) is 5.75 Å². The Balaban J connectivity index is 3.28. The molecule has 0 heterocycles. The molecule has 12 heavy (non-hydrogen) atoms. The molecule has 0 atom stereocenters. The van der Waals surface area contributed by atoms with E-state index in [4.69, 9.17) is 0 Å². The largest absolute Gasteiger partial charge is 0.156 e. The lowest BCUT2D eigenvalue weighted by molar-refractivity contribution is 0.793. The van der Waals surface area contributed by atoms with Crippen molar-refractivity contribution < 1.29 is 0 Å². The summed E-state index contributed by atoms with van der Waals surface area (Å²) in [6.45, 7) is 13.0. The molecule has 0 unspecified atom stereocenters. The van der Waals surface area contributed by atoms with E-state index in [1.807, 2.05) is 11.8 Å². The van der Waals surface area contributed by atoms with Gasteiger partial charge in [0.15, 0.2) is 0 Å². The summed E-state index contributed by atoms with van der Waals surface area (Å²) in [7, 11) is 0. The number of hydrogen-bond acceptors (Lipinski definition) is 1. The van der Waals surface area contributed by atoms with Crippen molar-refractivity contribution in [3.8, 4) is 0 Å². The van der Waals surface area contributed by atoms with Gasteiger partial charge in [-0.05, 0) is 25.0 Å². The number of thioether (sulfide) groups is 1. The van der Waals surface area contributed by atoms with E-state index in [1.165, 1.54) is 24.2 Å². The minimum absolute atomic E-state index is 0.424. The molecule has 0 aliphatic rings. The van der Waals surface area contributed by atoms with Crippen LogP contribution in [0.1, 0.15) is 47.0 Å². The molecule has 0 fully saturated rings. The summed E-state index contributed by atoms with van der Waals surface area (Å²) >= 11 is 2.04. The van der Waals surface area contributed by atoms with Gasteiger partial charge >= 0.3 is 0 Å². The molecule has 0 aliphatic heterocycles. The van der Waals surface area contributed by atoms with Gasteiger partial charge < -0.3 is 0 Å². The van der Waals surface area contributed by atoms with Crippen molar-refractivity contribution in [1.29, 1.82) is 0 Å². The van der Waals surface area contributed by atoms with Gasteiger partial charge in [0.05, 0.1) is 0 Å². The first kappa shape index (κ1) is 12.1. The van der Waals surface area contributed by atoms with E-state index >= 15 is 0 Å². The fourth-order valence-electron chi connectivity index (χ4n) is 0.877. The molecule has 0 spiro atoms. The van der Waals surface area contributed by atoms with Gasteiger partial charge in [-0.25, -0.2) is 0 Å². The van der Waals surface area contributed by atoms with Crippen LogP contribution >= 0.6 is 11.8 Å². The monoisotopic (exact) mass is 186 g/mol. The molecule has 0 radical (unpaired) electrons. The summed E-state index contributed by atoms with van der Waals surface area (Å²) in [6.07, 6.45) is 3.63. The van der Waals surface area contributed by atoms with Crippen molar-refractivity contribution in [3.63, 3.8) is 0 Å². The highest BCUT2D eigenvalue weighted by atomic mass is 32.2. The van der Waals surface area contributed by atoms with Gasteiger partial charge in [0.25, 0.3) is 0 Å². The highest BCUT2D eigenvalue weighted by Gasteiger charge is 2.09. The molecule has 0 nitrogen and oxygen atoms in total. The fraction of sp³-hybridized carbons (Fsp3) is 0.818. The van der Waals surface area contributed by atoms with E-state index in [2.05, 4.69) is 34.3 Å². The first-order chi connectivity index (χ1) is 5.45. The molecule has 0 aromatic heterocycles. The van der Waals surface area contributed by atoms with E-state index in [1.54, 1.807) is 0 Å². The molecule has 72 valence electrons. The molecule has 0 saturated carbocycles. The van der Waals surface area contributed by atoms with Crippen LogP contribution in [-0.4, -0.2) is 10.5 Å². The van der Waals surface area contributed by atoms with Gasteiger partial charge in [0, 0.05) is 4.75 Å². The Kier molecular flexibility index (Phi) is 5.73. The van der Waals surface area contributed by atoms with E-state index in [-0.39, 0.29) is 0 Å². The lowest BCUT2D eigenvalue weighted by atomic mass is 10.1. The van der Waals surface area contributed by atoms with Crippen LogP contribution in [-0.2, 0) is 0 Å². The van der Waals surface area contributed by atoms with Crippen LogP contribution in [0, 0.1) is 0 Å². The van der Waals surface area contributed by atoms with E-state index < -0.39 is 0 Å². The van der Waals surface area contributed by atoms with E-state index in [0.717, 1.165) is 6.42 Å². The standard InChI is InChI=1S/C11H22S/c1-6-10(2)8-7-9-12-11(3,4)5/h2,6-9H2,1,3-5H3. The van der Waals surface area contributed by atoms with Crippen LogP contribution in [0.15, 0.2) is 12.2 Å². The predicted octanol–water partition coefficient (Wildman–Crippen LogP) is 4.26. The second-order valence-electron chi connectivity index (χ2n) is 4.17. The van der Waals surface area contributed by atoms with Crippen LogP contribution in [0.25, 0.3) is 0 Å². The smallest absolute Gasteiger partial charge is 0.00750 e. The highest BCUT2D eigenvalue weighted by molar-refractivity contribution is 8.00. The number of rotatable bonds is 5. The summed E-state index contributed by atoms with van der Waals surface area (Å²) in [5.41, 5.74) is 1.39. The van der Waals surface area contributed by atoms with E-state index in [9.17, 15) is 0 Å². The Hall–Kier alpha value is 0.0900. The molecule has 0 aromatic rings. The summed E-state index contributed by atoms with van der Waals surface area (Å²) < 4.78 is 0.424. The fourth-order valence-corrected chi connectivity index (χ4v) is 1.78. The normalized spacial score (nSPS) is 11.7. The van der Waals surface area contributed by atoms with Gasteiger partial charge in [0.1, 0.15) is 0 Å². The minimum Gasteiger partial charge on any atom is -0.156 e. The van der Waals surface area contributed by atoms with Gasteiger partial charge in [0.2, 0.25) is 0 Å². The Morgan fingerprint density at radius 2 is 1.92 bits per heavy atom. The van der Waals surface area contributed by atoms with Gasteiger partial charge in [-0.2, -0.15) is 11.8 Å². The van der Waals surface area contributed by atoms with Crippen LogP contribution in [0.3, 0.4) is 0 Å². The third-order valence-electron chi connectivity index (χ3n) is 1.71. The molecule has 0 saturated heterocycles. The maximum atomic E-state index is 4.00. The van der Waals surface area contributed by atoms with Crippen LogP contribution in [0.2, 0.25) is 0 Å². The quantitative estimate of drug-likeness (QED) is 0.456. The predicted molar refractivity (Wildman–Crippen MR) is 60.9 cm³/mol. The zero-order chi connectivity index (χ0) is 9.61. The molecular formula is C11H22S. The van der Waals surface area contributed by atoms with Gasteiger partial charge in [-0.1, -0.05) is 39.8 Å². The van der Waals surface area contributed by atoms with Gasteiger partial charge in [-0.3, -0.25) is 0 Å². The highest BCUT2D eigenvalue weighted by Crippen LogP contribution is 2.24. The molecule has 0 N–H and O–H groups in total. The van der Waals surface area contributed by atoms with Crippen molar-refractivity contribution in [1.82, 2.24) is 0 Å². The summed E-state index contributed by atoms with van der Waals surface area (Å²) in [5.74, 6) is 1.27. The van der Waals surface area contributed by atoms with Crippen LogP contribution < -0.4 is 0 Å². The summed E-state index contributed by atoms with van der Waals surface area (Å²) in [5, 5.41) is 0. The maximum absolute atomic E-state index is 4.00. The zero-order valence-electron chi connectivity index (χ0n) is 8.94. The molecule has 0 aliphatic carbocycles.